The van der Waals surface area contributed by atoms with Crippen LogP contribution in [0.2, 0.25) is 0 Å². The summed E-state index contributed by atoms with van der Waals surface area (Å²) >= 11 is 0. The lowest BCUT2D eigenvalue weighted by molar-refractivity contribution is -0.873. The average molecular weight is 261 g/mol. The fraction of sp³-hybridized carbons (Fsp3) is 0.833. The highest BCUT2D eigenvalue weighted by Crippen LogP contribution is 2.09. The molecule has 0 aliphatic heterocycles. The molecule has 0 aliphatic carbocycles. The molecule has 0 saturated carbocycles. The molecule has 106 valence electrons. The predicted molar refractivity (Wildman–Crippen MR) is 63.2 cm³/mol. The second-order valence-corrected chi connectivity index (χ2v) is 5.80. The Morgan fingerprint density at radius 3 is 2.11 bits per heavy atom. The molecule has 0 aliphatic rings. The third-order valence-electron chi connectivity index (χ3n) is 2.30. The zero-order valence-electron chi connectivity index (χ0n) is 11.7. The summed E-state index contributed by atoms with van der Waals surface area (Å²) in [7, 11) is 5.57. The van der Waals surface area contributed by atoms with Crippen LogP contribution in [-0.2, 0) is 14.3 Å². The summed E-state index contributed by atoms with van der Waals surface area (Å²) in [6, 6.07) is 0. The Bertz CT molecular complexity index is 295. The van der Waals surface area contributed by atoms with Gasteiger partial charge in [0.05, 0.1) is 21.1 Å². The van der Waals surface area contributed by atoms with Crippen molar-refractivity contribution >= 4 is 11.9 Å². The Morgan fingerprint density at radius 1 is 1.28 bits per heavy atom. The minimum atomic E-state index is -1.28. The molecular formula is C12H23NO5. The number of carboxylic acids is 1. The number of esters is 1. The summed E-state index contributed by atoms with van der Waals surface area (Å²) in [6.07, 6.45) is -2.40. The normalized spacial score (nSPS) is 15.3. The summed E-state index contributed by atoms with van der Waals surface area (Å²) < 4.78 is 5.48. The molecule has 0 aromatic heterocycles. The second kappa shape index (κ2) is 6.70. The molecule has 0 aromatic carbocycles. The molecule has 1 N–H and O–H groups in total. The largest absolute Gasteiger partial charge is 0.550 e. The molecule has 18 heavy (non-hydrogen) atoms. The third kappa shape index (κ3) is 7.24. The van der Waals surface area contributed by atoms with Crippen molar-refractivity contribution in [1.29, 1.82) is 0 Å². The quantitative estimate of drug-likeness (QED) is 0.457. The lowest BCUT2D eigenvalue weighted by Gasteiger charge is -2.30. The van der Waals surface area contributed by atoms with Gasteiger partial charge in [-0.05, 0) is 5.92 Å². The van der Waals surface area contributed by atoms with Gasteiger partial charge in [0.2, 0.25) is 0 Å². The molecule has 0 fully saturated rings. The minimum Gasteiger partial charge on any atom is -0.550 e. The molecule has 6 heteroatoms. The van der Waals surface area contributed by atoms with Crippen LogP contribution in [0, 0.1) is 5.92 Å². The lowest BCUT2D eigenvalue weighted by atomic mass is 10.1. The highest BCUT2D eigenvalue weighted by atomic mass is 16.6. The number of nitrogens with zero attached hydrogens (tertiary/aromatic N) is 1. The van der Waals surface area contributed by atoms with Gasteiger partial charge < -0.3 is 24.2 Å². The number of hydrogen-bond acceptors (Lipinski definition) is 5. The number of aliphatic carboxylic acids is 1. The summed E-state index contributed by atoms with van der Waals surface area (Å²) in [5, 5.41) is 20.1. The highest BCUT2D eigenvalue weighted by Gasteiger charge is 2.27. The predicted octanol–water partition coefficient (Wildman–Crippen LogP) is -1.24. The van der Waals surface area contributed by atoms with Gasteiger partial charge in [0.25, 0.3) is 0 Å². The molecule has 0 aromatic rings. The van der Waals surface area contributed by atoms with E-state index < -0.39 is 24.1 Å². The molecule has 2 unspecified atom stereocenters. The Labute approximate surface area is 108 Å². The lowest BCUT2D eigenvalue weighted by Crippen LogP contribution is -2.46. The fourth-order valence-electron chi connectivity index (χ4n) is 1.45. The minimum absolute atomic E-state index is 0.273. The second-order valence-electron chi connectivity index (χ2n) is 5.80. The Kier molecular flexibility index (Phi) is 6.28. The number of aliphatic hydroxyl groups excluding tert-OH is 1. The number of ether oxygens (including phenoxy) is 1. The number of likely N-dealkylation sites (N-methyl/N-ethyl adjacent to an activating group) is 1. The number of aliphatic hydroxyl groups is 1. The summed E-state index contributed by atoms with van der Waals surface area (Å²) in [4.78, 5) is 22.2. The van der Waals surface area contributed by atoms with Crippen molar-refractivity contribution in [3.05, 3.63) is 0 Å². The van der Waals surface area contributed by atoms with Crippen LogP contribution in [0.25, 0.3) is 0 Å². The first kappa shape index (κ1) is 16.9. The van der Waals surface area contributed by atoms with Gasteiger partial charge in [0, 0.05) is 12.4 Å². The first-order valence-electron chi connectivity index (χ1n) is 5.92. The monoisotopic (exact) mass is 261 g/mol. The first-order chi connectivity index (χ1) is 8.03. The van der Waals surface area contributed by atoms with Crippen LogP contribution in [0.4, 0.5) is 0 Å². The van der Waals surface area contributed by atoms with E-state index in [0.29, 0.717) is 11.0 Å². The standard InChI is InChI=1S/C12H23NO5/c1-8(2)11(16)12(17)18-9(6-10(14)15)7-13(3,4)5/h8-9,11,16H,6-7H2,1-5H3. The van der Waals surface area contributed by atoms with E-state index in [2.05, 4.69) is 0 Å². The van der Waals surface area contributed by atoms with E-state index in [4.69, 9.17) is 4.74 Å². The van der Waals surface area contributed by atoms with Gasteiger partial charge >= 0.3 is 5.97 Å². The van der Waals surface area contributed by atoms with E-state index >= 15 is 0 Å². The van der Waals surface area contributed by atoms with Crippen LogP contribution >= 0.6 is 0 Å². The van der Waals surface area contributed by atoms with Gasteiger partial charge in [-0.1, -0.05) is 13.8 Å². The van der Waals surface area contributed by atoms with E-state index in [1.54, 1.807) is 13.8 Å². The number of quaternary nitrogens is 1. The van der Waals surface area contributed by atoms with E-state index in [1.165, 1.54) is 0 Å². The zero-order chi connectivity index (χ0) is 14.5. The molecule has 0 rings (SSSR count). The van der Waals surface area contributed by atoms with Crippen molar-refractivity contribution in [2.45, 2.75) is 32.5 Å². The van der Waals surface area contributed by atoms with Crippen LogP contribution in [0.15, 0.2) is 0 Å². The molecule has 6 nitrogen and oxygen atoms in total. The maximum atomic E-state index is 11.6. The van der Waals surface area contributed by atoms with Crippen molar-refractivity contribution in [3.63, 3.8) is 0 Å². The molecule has 0 spiro atoms. The molecule has 0 bridgehead atoms. The maximum absolute atomic E-state index is 11.6. The maximum Gasteiger partial charge on any atom is 0.335 e. The summed E-state index contributed by atoms with van der Waals surface area (Å²) in [6.45, 7) is 3.70. The highest BCUT2D eigenvalue weighted by molar-refractivity contribution is 5.75. The molecule has 0 saturated heterocycles. The van der Waals surface area contributed by atoms with Crippen LogP contribution in [0.3, 0.4) is 0 Å². The van der Waals surface area contributed by atoms with Gasteiger partial charge in [0.15, 0.2) is 12.2 Å². The van der Waals surface area contributed by atoms with Crippen molar-refractivity contribution in [1.82, 2.24) is 0 Å². The number of carboxylic acid groups (broad SMARTS) is 1. The van der Waals surface area contributed by atoms with Crippen molar-refractivity contribution in [3.8, 4) is 0 Å². The number of carbonyl (C=O) groups excluding carboxylic acids is 2. The summed E-state index contributed by atoms with van der Waals surface area (Å²) in [5.41, 5.74) is 0. The first-order valence-corrected chi connectivity index (χ1v) is 5.92. The van der Waals surface area contributed by atoms with E-state index in [-0.39, 0.29) is 12.3 Å². The van der Waals surface area contributed by atoms with Gasteiger partial charge in [-0.2, -0.15) is 0 Å². The molecule has 0 amide bonds. The molecule has 2 atom stereocenters. The van der Waals surface area contributed by atoms with Crippen molar-refractivity contribution < 1.29 is 29.0 Å². The molecular weight excluding hydrogens is 238 g/mol. The van der Waals surface area contributed by atoms with Gasteiger partial charge in [-0.3, -0.25) is 0 Å². The molecule has 0 heterocycles. The third-order valence-corrected chi connectivity index (χ3v) is 2.30. The van der Waals surface area contributed by atoms with E-state index in [9.17, 15) is 19.8 Å². The van der Waals surface area contributed by atoms with Crippen LogP contribution in [-0.4, -0.2) is 61.4 Å². The Hall–Kier alpha value is -1.14. The zero-order valence-corrected chi connectivity index (χ0v) is 11.7. The number of hydrogen-bond donors (Lipinski definition) is 1. The van der Waals surface area contributed by atoms with Crippen LogP contribution < -0.4 is 5.11 Å². The van der Waals surface area contributed by atoms with Crippen molar-refractivity contribution in [2.24, 2.45) is 5.92 Å². The smallest absolute Gasteiger partial charge is 0.335 e. The Morgan fingerprint density at radius 2 is 1.78 bits per heavy atom. The number of rotatable bonds is 7. The van der Waals surface area contributed by atoms with Gasteiger partial charge in [0.1, 0.15) is 6.54 Å². The van der Waals surface area contributed by atoms with Crippen molar-refractivity contribution in [2.75, 3.05) is 27.7 Å². The van der Waals surface area contributed by atoms with Crippen LogP contribution in [0.5, 0.6) is 0 Å². The van der Waals surface area contributed by atoms with Crippen LogP contribution in [0.1, 0.15) is 20.3 Å². The summed E-state index contributed by atoms with van der Waals surface area (Å²) in [5.74, 6) is -2.34. The topological polar surface area (TPSA) is 86.7 Å². The SMILES string of the molecule is CC(C)C(O)C(=O)OC(CC(=O)[O-])C[N+](C)(C)C. The van der Waals surface area contributed by atoms with Gasteiger partial charge in [-0.15, -0.1) is 0 Å². The molecule has 0 radical (unpaired) electrons. The van der Waals surface area contributed by atoms with E-state index in [0.717, 1.165) is 0 Å². The van der Waals surface area contributed by atoms with E-state index in [1.807, 2.05) is 21.1 Å². The Balaban J connectivity index is 4.59. The average Bonchev–Trinajstić information content (AvgIpc) is 2.11. The fourth-order valence-corrected chi connectivity index (χ4v) is 1.45. The van der Waals surface area contributed by atoms with Gasteiger partial charge in [-0.25, -0.2) is 4.79 Å². The number of carbonyl (C=O) groups is 2.